The van der Waals surface area contributed by atoms with Crippen LogP contribution in [0.15, 0.2) is 0 Å². The Morgan fingerprint density at radius 2 is 2.00 bits per heavy atom. The number of carbonyl (C=O) groups is 1. The fourth-order valence-electron chi connectivity index (χ4n) is 4.29. The van der Waals surface area contributed by atoms with Crippen molar-refractivity contribution in [1.82, 2.24) is 19.6 Å². The normalized spacial score (nSPS) is 35.2. The highest BCUT2D eigenvalue weighted by atomic mass is 16.5. The van der Waals surface area contributed by atoms with E-state index in [2.05, 4.69) is 35.6 Å². The molecule has 3 aliphatic rings. The molecule has 0 bridgehead atoms. The molecule has 6 heteroatoms. The van der Waals surface area contributed by atoms with Gasteiger partial charge in [-0.1, -0.05) is 0 Å². The van der Waals surface area contributed by atoms with Crippen LogP contribution in [0.1, 0.15) is 20.3 Å². The number of amides is 1. The van der Waals surface area contributed by atoms with E-state index in [0.717, 1.165) is 65.4 Å². The van der Waals surface area contributed by atoms with Crippen molar-refractivity contribution in [2.24, 2.45) is 0 Å². The summed E-state index contributed by atoms with van der Waals surface area (Å²) < 4.78 is 5.90. The van der Waals surface area contributed by atoms with Crippen LogP contribution >= 0.6 is 0 Å². The Morgan fingerprint density at radius 1 is 1.17 bits per heavy atom. The number of hydrogen-bond donors (Lipinski definition) is 0. The van der Waals surface area contributed by atoms with Crippen LogP contribution in [0.2, 0.25) is 0 Å². The highest BCUT2D eigenvalue weighted by Gasteiger charge is 2.39. The number of morpholine rings is 1. The third kappa shape index (κ3) is 3.87. The maximum absolute atomic E-state index is 12.5. The van der Waals surface area contributed by atoms with E-state index in [1.807, 2.05) is 4.90 Å². The summed E-state index contributed by atoms with van der Waals surface area (Å²) in [5.41, 5.74) is 0. The summed E-state index contributed by atoms with van der Waals surface area (Å²) in [5, 5.41) is 0. The van der Waals surface area contributed by atoms with Gasteiger partial charge in [-0.05, 0) is 27.3 Å². The maximum atomic E-state index is 12.5. The fraction of sp³-hybridized carbons (Fsp3) is 0.941. The summed E-state index contributed by atoms with van der Waals surface area (Å²) in [6.07, 6.45) is 1.32. The van der Waals surface area contributed by atoms with Gasteiger partial charge in [0.05, 0.1) is 18.8 Å². The molecule has 0 aliphatic carbocycles. The molecule has 0 N–H and O–H groups in total. The molecule has 0 aromatic heterocycles. The van der Waals surface area contributed by atoms with Crippen molar-refractivity contribution < 1.29 is 9.53 Å². The van der Waals surface area contributed by atoms with E-state index in [1.165, 1.54) is 0 Å². The molecule has 0 radical (unpaired) electrons. The molecular weight excluding hydrogens is 292 g/mol. The van der Waals surface area contributed by atoms with E-state index in [0.29, 0.717) is 18.1 Å². The van der Waals surface area contributed by atoms with E-state index in [4.69, 9.17) is 4.74 Å². The Kier molecular flexibility index (Phi) is 5.57. The summed E-state index contributed by atoms with van der Waals surface area (Å²) in [7, 11) is 2.17. The summed E-state index contributed by atoms with van der Waals surface area (Å²) in [4.78, 5) is 21.8. The van der Waals surface area contributed by atoms with Crippen molar-refractivity contribution in [2.45, 2.75) is 38.5 Å². The van der Waals surface area contributed by atoms with Crippen LogP contribution in [-0.4, -0.2) is 110 Å². The second-order valence-electron chi connectivity index (χ2n) is 7.32. The Hall–Kier alpha value is -0.690. The zero-order valence-electron chi connectivity index (χ0n) is 14.9. The second-order valence-corrected chi connectivity index (χ2v) is 7.32. The van der Waals surface area contributed by atoms with Crippen LogP contribution in [0.25, 0.3) is 0 Å². The summed E-state index contributed by atoms with van der Waals surface area (Å²) in [5.74, 6) is 0.338. The number of nitrogens with zero attached hydrogens (tertiary/aromatic N) is 4. The summed E-state index contributed by atoms with van der Waals surface area (Å²) in [6, 6.07) is 0.556. The second kappa shape index (κ2) is 7.47. The lowest BCUT2D eigenvalue weighted by Gasteiger charge is -2.43. The quantitative estimate of drug-likeness (QED) is 0.725. The van der Waals surface area contributed by atoms with Gasteiger partial charge >= 0.3 is 0 Å². The zero-order chi connectivity index (χ0) is 16.4. The molecule has 3 heterocycles. The molecule has 6 nitrogen and oxygen atoms in total. The molecule has 3 rings (SSSR count). The topological polar surface area (TPSA) is 39.3 Å². The van der Waals surface area contributed by atoms with E-state index < -0.39 is 0 Å². The Bertz CT molecular complexity index is 419. The fourth-order valence-corrected chi connectivity index (χ4v) is 4.29. The summed E-state index contributed by atoms with van der Waals surface area (Å²) >= 11 is 0. The molecule has 0 saturated carbocycles. The van der Waals surface area contributed by atoms with Crippen LogP contribution in [0.4, 0.5) is 0 Å². The van der Waals surface area contributed by atoms with Crippen molar-refractivity contribution in [3.05, 3.63) is 0 Å². The van der Waals surface area contributed by atoms with Crippen molar-refractivity contribution >= 4 is 5.91 Å². The number of carbonyl (C=O) groups excluding carboxylic acids is 1. The first-order valence-corrected chi connectivity index (χ1v) is 9.15. The molecule has 0 aromatic carbocycles. The molecule has 23 heavy (non-hydrogen) atoms. The van der Waals surface area contributed by atoms with Gasteiger partial charge in [-0.2, -0.15) is 0 Å². The van der Waals surface area contributed by atoms with Gasteiger partial charge in [0, 0.05) is 58.4 Å². The van der Waals surface area contributed by atoms with E-state index >= 15 is 0 Å². The van der Waals surface area contributed by atoms with Crippen LogP contribution < -0.4 is 0 Å². The Morgan fingerprint density at radius 3 is 2.65 bits per heavy atom. The number of rotatable bonds is 4. The van der Waals surface area contributed by atoms with Crippen molar-refractivity contribution in [2.75, 3.05) is 66.0 Å². The molecule has 3 atom stereocenters. The first-order chi connectivity index (χ1) is 11.1. The van der Waals surface area contributed by atoms with E-state index in [-0.39, 0.29) is 6.04 Å². The molecule has 3 aliphatic heterocycles. The van der Waals surface area contributed by atoms with Gasteiger partial charge in [0.15, 0.2) is 0 Å². The van der Waals surface area contributed by atoms with Crippen molar-refractivity contribution in [3.8, 4) is 0 Å². The molecule has 0 aromatic rings. The van der Waals surface area contributed by atoms with Gasteiger partial charge in [-0.15, -0.1) is 0 Å². The SMILES string of the molecule is CCN1CCC(N2CCN(CC3CN(C)CCO3)CC2C)C1=O. The van der Waals surface area contributed by atoms with Crippen LogP contribution in [0, 0.1) is 0 Å². The Balaban J connectivity index is 1.50. The first kappa shape index (κ1) is 17.1. The van der Waals surface area contributed by atoms with Gasteiger partial charge in [0.25, 0.3) is 0 Å². The molecule has 3 saturated heterocycles. The van der Waals surface area contributed by atoms with Crippen LogP contribution in [0.5, 0.6) is 0 Å². The van der Waals surface area contributed by atoms with Gasteiger partial charge in [-0.25, -0.2) is 0 Å². The number of likely N-dealkylation sites (N-methyl/N-ethyl adjacent to an activating group) is 2. The average molecular weight is 324 g/mol. The molecule has 3 unspecified atom stereocenters. The zero-order valence-corrected chi connectivity index (χ0v) is 14.9. The van der Waals surface area contributed by atoms with Crippen LogP contribution in [0.3, 0.4) is 0 Å². The van der Waals surface area contributed by atoms with Crippen molar-refractivity contribution in [3.63, 3.8) is 0 Å². The molecule has 3 fully saturated rings. The van der Waals surface area contributed by atoms with Crippen molar-refractivity contribution in [1.29, 1.82) is 0 Å². The lowest BCUT2D eigenvalue weighted by atomic mass is 10.1. The standard InChI is InChI=1S/C17H32N4O2/c1-4-20-6-5-16(17(20)22)21-8-7-19(11-14(21)2)13-15-12-18(3)9-10-23-15/h14-16H,4-13H2,1-3H3. The lowest BCUT2D eigenvalue weighted by molar-refractivity contribution is -0.133. The highest BCUT2D eigenvalue weighted by Crippen LogP contribution is 2.22. The minimum atomic E-state index is 0.115. The van der Waals surface area contributed by atoms with E-state index in [9.17, 15) is 4.79 Å². The predicted molar refractivity (Wildman–Crippen MR) is 90.5 cm³/mol. The largest absolute Gasteiger partial charge is 0.374 e. The van der Waals surface area contributed by atoms with Gasteiger partial charge in [0.1, 0.15) is 0 Å². The number of ether oxygens (including phenoxy) is 1. The monoisotopic (exact) mass is 324 g/mol. The average Bonchev–Trinajstić information content (AvgIpc) is 2.88. The molecule has 1 amide bonds. The minimum absolute atomic E-state index is 0.115. The number of hydrogen-bond acceptors (Lipinski definition) is 5. The van der Waals surface area contributed by atoms with Gasteiger partial charge < -0.3 is 14.5 Å². The molecule has 0 spiro atoms. The first-order valence-electron chi connectivity index (χ1n) is 9.15. The molecule has 132 valence electrons. The van der Waals surface area contributed by atoms with E-state index in [1.54, 1.807) is 0 Å². The number of likely N-dealkylation sites (tertiary alicyclic amines) is 1. The van der Waals surface area contributed by atoms with Crippen LogP contribution in [-0.2, 0) is 9.53 Å². The third-order valence-electron chi connectivity index (χ3n) is 5.62. The minimum Gasteiger partial charge on any atom is -0.374 e. The Labute approximate surface area is 140 Å². The van der Waals surface area contributed by atoms with Gasteiger partial charge in [0.2, 0.25) is 5.91 Å². The smallest absolute Gasteiger partial charge is 0.239 e. The summed E-state index contributed by atoms with van der Waals surface area (Å²) in [6.45, 7) is 13.1. The lowest BCUT2D eigenvalue weighted by Crippen LogP contribution is -2.59. The third-order valence-corrected chi connectivity index (χ3v) is 5.62. The van der Waals surface area contributed by atoms with Gasteiger partial charge in [-0.3, -0.25) is 14.6 Å². The highest BCUT2D eigenvalue weighted by molar-refractivity contribution is 5.84. The maximum Gasteiger partial charge on any atom is 0.239 e. The number of piperazine rings is 1. The predicted octanol–water partition coefficient (Wildman–Crippen LogP) is -0.0561. The molecular formula is C17H32N4O2.